The number of aromatic nitrogens is 2. The van der Waals surface area contributed by atoms with E-state index < -0.39 is 0 Å². The molecule has 19 heavy (non-hydrogen) atoms. The molecule has 4 heteroatoms. The van der Waals surface area contributed by atoms with Crippen LogP contribution in [0.1, 0.15) is 13.3 Å². The van der Waals surface area contributed by atoms with Crippen molar-refractivity contribution >= 4 is 0 Å². The maximum absolute atomic E-state index is 5.66. The molecule has 1 aromatic carbocycles. The number of hydrogen-bond acceptors (Lipinski definition) is 3. The lowest BCUT2D eigenvalue weighted by Gasteiger charge is -2.14. The van der Waals surface area contributed by atoms with Crippen LogP contribution < -0.4 is 5.73 Å². The Morgan fingerprint density at radius 3 is 2.74 bits per heavy atom. The summed E-state index contributed by atoms with van der Waals surface area (Å²) in [5, 5.41) is 4.38. The first-order valence-electron chi connectivity index (χ1n) is 6.73. The summed E-state index contributed by atoms with van der Waals surface area (Å²) in [6.07, 6.45) is 4.97. The summed E-state index contributed by atoms with van der Waals surface area (Å²) in [6, 6.07) is 10.3. The number of benzene rings is 1. The molecule has 0 aliphatic carbocycles. The van der Waals surface area contributed by atoms with Crippen LogP contribution in [-0.4, -0.2) is 29.0 Å². The van der Waals surface area contributed by atoms with Crippen LogP contribution >= 0.6 is 0 Å². The monoisotopic (exact) mass is 259 g/mol. The molecule has 102 valence electrons. The number of hydrogen-bond donors (Lipinski definition) is 1. The smallest absolute Gasteiger partial charge is 0.0714 e. The van der Waals surface area contributed by atoms with Gasteiger partial charge in [0.1, 0.15) is 0 Å². The molecule has 0 aliphatic heterocycles. The molecule has 0 spiro atoms. The largest absolute Gasteiger partial charge is 0.377 e. The third-order valence-electron chi connectivity index (χ3n) is 3.09. The summed E-state index contributed by atoms with van der Waals surface area (Å²) in [4.78, 5) is 0. The summed E-state index contributed by atoms with van der Waals surface area (Å²) in [7, 11) is 0. The summed E-state index contributed by atoms with van der Waals surface area (Å²) >= 11 is 0. The Labute approximate surface area is 114 Å². The zero-order valence-corrected chi connectivity index (χ0v) is 11.3. The van der Waals surface area contributed by atoms with E-state index in [-0.39, 0.29) is 6.10 Å². The van der Waals surface area contributed by atoms with Gasteiger partial charge in [-0.15, -0.1) is 0 Å². The molecule has 1 heterocycles. The second-order valence-corrected chi connectivity index (χ2v) is 4.46. The number of nitrogens with two attached hydrogens (primary N) is 1. The van der Waals surface area contributed by atoms with Crippen molar-refractivity contribution in [2.45, 2.75) is 26.0 Å². The Hall–Kier alpha value is -1.65. The summed E-state index contributed by atoms with van der Waals surface area (Å²) in [5.41, 5.74) is 7.99. The molecular weight excluding hydrogens is 238 g/mol. The van der Waals surface area contributed by atoms with E-state index in [1.165, 1.54) is 5.56 Å². The molecule has 2 rings (SSSR count). The van der Waals surface area contributed by atoms with Gasteiger partial charge in [-0.3, -0.25) is 4.68 Å². The van der Waals surface area contributed by atoms with Crippen molar-refractivity contribution in [3.05, 3.63) is 42.7 Å². The number of rotatable bonds is 7. The van der Waals surface area contributed by atoms with Crippen LogP contribution in [0, 0.1) is 0 Å². The molecule has 0 amide bonds. The Balaban J connectivity index is 1.94. The van der Waals surface area contributed by atoms with Crippen molar-refractivity contribution < 1.29 is 4.74 Å². The Kier molecular flexibility index (Phi) is 5.12. The van der Waals surface area contributed by atoms with E-state index >= 15 is 0 Å². The molecule has 0 aliphatic rings. The van der Waals surface area contributed by atoms with Crippen molar-refractivity contribution in [1.29, 1.82) is 0 Å². The molecule has 1 unspecified atom stereocenters. The topological polar surface area (TPSA) is 53.1 Å². The van der Waals surface area contributed by atoms with E-state index in [2.05, 4.69) is 23.4 Å². The molecular formula is C15H21N3O. The minimum absolute atomic E-state index is 0.120. The highest BCUT2D eigenvalue weighted by Gasteiger charge is 2.07. The average Bonchev–Trinajstić information content (AvgIpc) is 2.93. The zero-order valence-electron chi connectivity index (χ0n) is 11.3. The Bertz CT molecular complexity index is 481. The molecule has 2 N–H and O–H groups in total. The van der Waals surface area contributed by atoms with Gasteiger partial charge in [0, 0.05) is 31.5 Å². The van der Waals surface area contributed by atoms with E-state index in [4.69, 9.17) is 10.5 Å². The van der Waals surface area contributed by atoms with Crippen LogP contribution in [0.5, 0.6) is 0 Å². The fourth-order valence-electron chi connectivity index (χ4n) is 2.05. The van der Waals surface area contributed by atoms with Crippen molar-refractivity contribution in [3.8, 4) is 11.1 Å². The van der Waals surface area contributed by atoms with Gasteiger partial charge in [-0.05, 0) is 18.9 Å². The third kappa shape index (κ3) is 3.91. The minimum atomic E-state index is 0.120. The molecule has 2 aromatic rings. The van der Waals surface area contributed by atoms with E-state index in [0.29, 0.717) is 13.2 Å². The lowest BCUT2D eigenvalue weighted by atomic mass is 10.1. The highest BCUT2D eigenvalue weighted by molar-refractivity contribution is 5.61. The standard InChI is InChI=1S/C15H21N3O/c1-2-19-15(10-16)8-9-18-12-14(11-17-18)13-6-4-3-5-7-13/h3-7,11-12,15H,2,8-10,16H2,1H3. The minimum Gasteiger partial charge on any atom is -0.377 e. The van der Waals surface area contributed by atoms with Gasteiger partial charge in [-0.2, -0.15) is 5.10 Å². The first kappa shape index (κ1) is 13.8. The fourth-order valence-corrected chi connectivity index (χ4v) is 2.05. The number of ether oxygens (including phenoxy) is 1. The van der Waals surface area contributed by atoms with Gasteiger partial charge >= 0.3 is 0 Å². The van der Waals surface area contributed by atoms with E-state index in [9.17, 15) is 0 Å². The predicted octanol–water partition coefficient (Wildman–Crippen LogP) is 2.30. The van der Waals surface area contributed by atoms with Gasteiger partial charge in [0.05, 0.1) is 12.3 Å². The second kappa shape index (κ2) is 7.07. The average molecular weight is 259 g/mol. The van der Waals surface area contributed by atoms with Crippen LogP contribution in [0.3, 0.4) is 0 Å². The first-order valence-corrected chi connectivity index (χ1v) is 6.73. The summed E-state index contributed by atoms with van der Waals surface area (Å²) in [5.74, 6) is 0. The maximum atomic E-state index is 5.66. The van der Waals surface area contributed by atoms with Gasteiger partial charge in [-0.25, -0.2) is 0 Å². The van der Waals surface area contributed by atoms with Crippen LogP contribution in [0.4, 0.5) is 0 Å². The Morgan fingerprint density at radius 1 is 1.26 bits per heavy atom. The molecule has 0 fully saturated rings. The van der Waals surface area contributed by atoms with Crippen molar-refractivity contribution in [2.75, 3.05) is 13.2 Å². The molecule has 0 saturated carbocycles. The predicted molar refractivity (Wildman–Crippen MR) is 76.7 cm³/mol. The third-order valence-corrected chi connectivity index (χ3v) is 3.09. The van der Waals surface area contributed by atoms with Crippen LogP contribution in [0.15, 0.2) is 42.7 Å². The van der Waals surface area contributed by atoms with Crippen molar-refractivity contribution in [2.24, 2.45) is 5.73 Å². The van der Waals surface area contributed by atoms with Crippen molar-refractivity contribution in [1.82, 2.24) is 9.78 Å². The lowest BCUT2D eigenvalue weighted by molar-refractivity contribution is 0.0592. The summed E-state index contributed by atoms with van der Waals surface area (Å²) < 4.78 is 7.49. The van der Waals surface area contributed by atoms with Gasteiger partial charge in [0.25, 0.3) is 0 Å². The number of aryl methyl sites for hydroxylation is 1. The highest BCUT2D eigenvalue weighted by atomic mass is 16.5. The normalized spacial score (nSPS) is 12.5. The summed E-state index contributed by atoms with van der Waals surface area (Å²) in [6.45, 7) is 4.08. The van der Waals surface area contributed by atoms with Crippen LogP contribution in [0.2, 0.25) is 0 Å². The van der Waals surface area contributed by atoms with Crippen molar-refractivity contribution in [3.63, 3.8) is 0 Å². The molecule has 1 aromatic heterocycles. The second-order valence-electron chi connectivity index (χ2n) is 4.46. The van der Waals surface area contributed by atoms with Gasteiger partial charge in [0.15, 0.2) is 0 Å². The van der Waals surface area contributed by atoms with Crippen LogP contribution in [-0.2, 0) is 11.3 Å². The maximum Gasteiger partial charge on any atom is 0.0714 e. The Morgan fingerprint density at radius 2 is 2.05 bits per heavy atom. The number of nitrogens with zero attached hydrogens (tertiary/aromatic N) is 2. The van der Waals surface area contributed by atoms with Gasteiger partial charge in [-0.1, -0.05) is 30.3 Å². The molecule has 0 saturated heterocycles. The first-order chi connectivity index (χ1) is 9.33. The molecule has 0 radical (unpaired) electrons. The van der Waals surface area contributed by atoms with Crippen LogP contribution in [0.25, 0.3) is 11.1 Å². The SMILES string of the molecule is CCOC(CN)CCn1cc(-c2ccccc2)cn1. The van der Waals surface area contributed by atoms with E-state index in [0.717, 1.165) is 18.5 Å². The molecule has 1 atom stereocenters. The quantitative estimate of drug-likeness (QED) is 0.830. The van der Waals surface area contributed by atoms with E-state index in [1.54, 1.807) is 0 Å². The highest BCUT2D eigenvalue weighted by Crippen LogP contribution is 2.17. The van der Waals surface area contributed by atoms with E-state index in [1.807, 2.05) is 36.0 Å². The molecule has 4 nitrogen and oxygen atoms in total. The zero-order chi connectivity index (χ0) is 13.5. The molecule has 0 bridgehead atoms. The fraction of sp³-hybridized carbons (Fsp3) is 0.400. The van der Waals surface area contributed by atoms with Gasteiger partial charge < -0.3 is 10.5 Å². The lowest BCUT2D eigenvalue weighted by Crippen LogP contribution is -2.25. The van der Waals surface area contributed by atoms with Gasteiger partial charge in [0.2, 0.25) is 0 Å².